The number of rotatable bonds is 6. The molecule has 0 aromatic heterocycles. The molecule has 3 aromatic carbocycles. The zero-order valence-electron chi connectivity index (χ0n) is 16.5. The number of halogens is 2. The van der Waals surface area contributed by atoms with Gasteiger partial charge in [0.05, 0.1) is 17.3 Å². The van der Waals surface area contributed by atoms with Crippen molar-refractivity contribution in [3.8, 4) is 11.5 Å². The number of benzene rings is 3. The van der Waals surface area contributed by atoms with Crippen LogP contribution >= 0.6 is 27.5 Å². The summed E-state index contributed by atoms with van der Waals surface area (Å²) in [6.07, 6.45) is 1.64. The van der Waals surface area contributed by atoms with Crippen LogP contribution in [0.15, 0.2) is 69.0 Å². The summed E-state index contributed by atoms with van der Waals surface area (Å²) in [5.74, 6) is 0.318. The van der Waals surface area contributed by atoms with Gasteiger partial charge in [-0.1, -0.05) is 35.4 Å². The minimum Gasteiger partial charge on any atom is -0.493 e. The molecule has 5 nitrogen and oxygen atoms in total. The molecule has 0 spiro atoms. The van der Waals surface area contributed by atoms with Gasteiger partial charge in [0.25, 0.3) is 0 Å². The normalized spacial score (nSPS) is 11.6. The van der Waals surface area contributed by atoms with Gasteiger partial charge < -0.3 is 8.92 Å². The average Bonchev–Trinajstić information content (AvgIpc) is 2.70. The summed E-state index contributed by atoms with van der Waals surface area (Å²) >= 11 is 9.41. The molecule has 0 aliphatic heterocycles. The van der Waals surface area contributed by atoms with Crippen LogP contribution in [-0.2, 0) is 10.1 Å². The lowest BCUT2D eigenvalue weighted by atomic mass is 10.2. The van der Waals surface area contributed by atoms with Crippen LogP contribution in [-0.4, -0.2) is 21.7 Å². The van der Waals surface area contributed by atoms with Gasteiger partial charge in [-0.3, -0.25) is 4.99 Å². The molecule has 156 valence electrons. The molecule has 0 aliphatic rings. The molecule has 0 N–H and O–H groups in total. The molecular formula is C22H19BrClNO4S. The van der Waals surface area contributed by atoms with Gasteiger partial charge in [0.1, 0.15) is 4.90 Å². The fourth-order valence-electron chi connectivity index (χ4n) is 2.62. The molecule has 0 bridgehead atoms. The Kier molecular flexibility index (Phi) is 6.85. The predicted octanol–water partition coefficient (Wildman–Crippen LogP) is 6.25. The second-order valence-corrected chi connectivity index (χ2v) is 9.41. The monoisotopic (exact) mass is 507 g/mol. The number of nitrogens with zero attached hydrogens (tertiary/aromatic N) is 1. The second kappa shape index (κ2) is 9.20. The Labute approximate surface area is 189 Å². The third-order valence-corrected chi connectivity index (χ3v) is 6.34. The number of hydrogen-bond acceptors (Lipinski definition) is 5. The fraction of sp³-hybridized carbons (Fsp3) is 0.136. The average molecular weight is 509 g/mol. The van der Waals surface area contributed by atoms with Crippen LogP contribution < -0.4 is 8.92 Å². The molecular weight excluding hydrogens is 490 g/mol. The van der Waals surface area contributed by atoms with Crippen LogP contribution in [0, 0.1) is 13.8 Å². The smallest absolute Gasteiger partial charge is 0.339 e. The fourth-order valence-corrected chi connectivity index (χ4v) is 4.39. The first kappa shape index (κ1) is 22.3. The minimum absolute atomic E-state index is 0.0594. The molecule has 8 heteroatoms. The lowest BCUT2D eigenvalue weighted by molar-refractivity contribution is 0.389. The van der Waals surface area contributed by atoms with Gasteiger partial charge in [-0.2, -0.15) is 8.42 Å². The summed E-state index contributed by atoms with van der Waals surface area (Å²) in [7, 11) is -2.58. The van der Waals surface area contributed by atoms with E-state index in [1.807, 2.05) is 19.9 Å². The molecule has 0 heterocycles. The van der Waals surface area contributed by atoms with Gasteiger partial charge >= 0.3 is 10.1 Å². The van der Waals surface area contributed by atoms with E-state index in [-0.39, 0.29) is 16.4 Å². The number of aryl methyl sites for hydroxylation is 2. The Bertz CT molecular complexity index is 1210. The van der Waals surface area contributed by atoms with Gasteiger partial charge in [0, 0.05) is 11.2 Å². The molecule has 0 saturated heterocycles. The van der Waals surface area contributed by atoms with E-state index in [2.05, 4.69) is 20.9 Å². The van der Waals surface area contributed by atoms with Crippen molar-refractivity contribution >= 4 is 49.6 Å². The van der Waals surface area contributed by atoms with Crippen LogP contribution in [0.2, 0.25) is 5.02 Å². The number of aliphatic imine (C=N–C) groups is 1. The van der Waals surface area contributed by atoms with E-state index in [9.17, 15) is 8.42 Å². The molecule has 3 aromatic rings. The van der Waals surface area contributed by atoms with Crippen molar-refractivity contribution in [2.45, 2.75) is 18.7 Å². The van der Waals surface area contributed by atoms with E-state index in [4.69, 9.17) is 20.5 Å². The van der Waals surface area contributed by atoms with Crippen LogP contribution in [0.25, 0.3) is 0 Å². The Morgan fingerprint density at radius 1 is 1.03 bits per heavy atom. The molecule has 3 rings (SSSR count). The van der Waals surface area contributed by atoms with Gasteiger partial charge in [0.2, 0.25) is 0 Å². The van der Waals surface area contributed by atoms with Crippen molar-refractivity contribution < 1.29 is 17.3 Å². The molecule has 0 amide bonds. The van der Waals surface area contributed by atoms with Crippen molar-refractivity contribution in [1.82, 2.24) is 0 Å². The lowest BCUT2D eigenvalue weighted by Crippen LogP contribution is -2.11. The maximum Gasteiger partial charge on any atom is 0.339 e. The number of hydrogen-bond donors (Lipinski definition) is 0. The Balaban J connectivity index is 1.93. The van der Waals surface area contributed by atoms with Gasteiger partial charge in [-0.25, -0.2) is 0 Å². The highest BCUT2D eigenvalue weighted by Crippen LogP contribution is 2.38. The highest BCUT2D eigenvalue weighted by molar-refractivity contribution is 9.10. The van der Waals surface area contributed by atoms with E-state index in [1.165, 1.54) is 19.2 Å². The summed E-state index contributed by atoms with van der Waals surface area (Å²) in [5, 5.41) is 0.594. The van der Waals surface area contributed by atoms with Crippen molar-refractivity contribution in [3.63, 3.8) is 0 Å². The van der Waals surface area contributed by atoms with Crippen molar-refractivity contribution in [2.75, 3.05) is 7.11 Å². The highest BCUT2D eigenvalue weighted by atomic mass is 79.9. The van der Waals surface area contributed by atoms with E-state index in [1.54, 1.807) is 42.6 Å². The van der Waals surface area contributed by atoms with Crippen LogP contribution in [0.3, 0.4) is 0 Å². The maximum absolute atomic E-state index is 12.7. The summed E-state index contributed by atoms with van der Waals surface area (Å²) in [6, 6.07) is 15.2. The third-order valence-electron chi connectivity index (χ3n) is 4.28. The Morgan fingerprint density at radius 3 is 2.40 bits per heavy atom. The Hall–Kier alpha value is -2.35. The number of ether oxygens (including phenoxy) is 1. The topological polar surface area (TPSA) is 65.0 Å². The predicted molar refractivity (Wildman–Crippen MR) is 123 cm³/mol. The largest absolute Gasteiger partial charge is 0.493 e. The van der Waals surface area contributed by atoms with Crippen molar-refractivity contribution in [1.29, 1.82) is 0 Å². The van der Waals surface area contributed by atoms with Crippen LogP contribution in [0.5, 0.6) is 11.5 Å². The van der Waals surface area contributed by atoms with Crippen LogP contribution in [0.4, 0.5) is 5.69 Å². The van der Waals surface area contributed by atoms with Crippen LogP contribution in [0.1, 0.15) is 16.7 Å². The molecule has 0 fully saturated rings. The molecule has 0 saturated carbocycles. The van der Waals surface area contributed by atoms with E-state index in [0.29, 0.717) is 15.1 Å². The Morgan fingerprint density at radius 2 is 1.73 bits per heavy atom. The molecule has 0 atom stereocenters. The minimum atomic E-state index is -4.02. The first-order valence-electron chi connectivity index (χ1n) is 8.88. The summed E-state index contributed by atoms with van der Waals surface area (Å²) in [4.78, 5) is 4.53. The van der Waals surface area contributed by atoms with Gasteiger partial charge in [-0.05, 0) is 77.3 Å². The quantitative estimate of drug-likeness (QED) is 0.292. The first-order valence-corrected chi connectivity index (χ1v) is 11.5. The molecule has 0 aliphatic carbocycles. The second-order valence-electron chi connectivity index (χ2n) is 6.57. The highest BCUT2D eigenvalue weighted by Gasteiger charge is 2.21. The van der Waals surface area contributed by atoms with Gasteiger partial charge in [0.15, 0.2) is 11.5 Å². The molecule has 0 radical (unpaired) electrons. The number of methoxy groups -OCH3 is 1. The SMILES string of the molecule is COc1cc(C=Nc2cc(Cl)ccc2C)cc(Br)c1OS(=O)(=O)c1ccc(C)cc1. The molecule has 0 unspecified atom stereocenters. The zero-order valence-corrected chi connectivity index (χ0v) is 19.7. The third kappa shape index (κ3) is 5.22. The lowest BCUT2D eigenvalue weighted by Gasteiger charge is -2.13. The van der Waals surface area contributed by atoms with Crippen molar-refractivity contribution in [2.24, 2.45) is 4.99 Å². The first-order chi connectivity index (χ1) is 14.2. The van der Waals surface area contributed by atoms with Gasteiger partial charge in [-0.15, -0.1) is 0 Å². The van der Waals surface area contributed by atoms with Crippen molar-refractivity contribution in [3.05, 3.63) is 80.8 Å². The van der Waals surface area contributed by atoms with E-state index < -0.39 is 10.1 Å². The summed E-state index contributed by atoms with van der Waals surface area (Å²) in [6.45, 7) is 3.81. The summed E-state index contributed by atoms with van der Waals surface area (Å²) < 4.78 is 36.5. The maximum atomic E-state index is 12.7. The zero-order chi connectivity index (χ0) is 21.9. The standard InChI is InChI=1S/C22H19BrClNO4S/c1-14-4-8-18(9-5-14)30(26,27)29-22-19(23)10-16(11-21(22)28-3)13-25-20-12-17(24)7-6-15(20)2/h4-13H,1-3H3. The summed E-state index contributed by atoms with van der Waals surface area (Å²) in [5.41, 5.74) is 3.36. The van der Waals surface area contributed by atoms with E-state index >= 15 is 0 Å². The molecule has 30 heavy (non-hydrogen) atoms. The van der Waals surface area contributed by atoms with E-state index in [0.717, 1.165) is 16.8 Å².